The van der Waals surface area contributed by atoms with Gasteiger partial charge in [-0.3, -0.25) is 4.79 Å². The molecule has 2 fully saturated rings. The third-order valence-electron chi connectivity index (χ3n) is 8.22. The largest absolute Gasteiger partial charge is 0.469 e. The number of hydrogen-bond acceptors (Lipinski definition) is 3. The van der Waals surface area contributed by atoms with E-state index >= 15 is 0 Å². The molecule has 1 heterocycles. The van der Waals surface area contributed by atoms with Crippen molar-refractivity contribution in [3.05, 3.63) is 11.1 Å². The van der Waals surface area contributed by atoms with Gasteiger partial charge in [0.1, 0.15) is 5.60 Å². The molecular formula is C21H32O3. The summed E-state index contributed by atoms with van der Waals surface area (Å²) in [7, 11) is 1.55. The van der Waals surface area contributed by atoms with E-state index in [1.54, 1.807) is 18.3 Å². The highest BCUT2D eigenvalue weighted by Crippen LogP contribution is 2.66. The molecule has 24 heavy (non-hydrogen) atoms. The quantitative estimate of drug-likeness (QED) is 0.393. The molecule has 0 aromatic rings. The van der Waals surface area contributed by atoms with Crippen molar-refractivity contribution in [3.8, 4) is 0 Å². The van der Waals surface area contributed by atoms with Crippen molar-refractivity contribution in [3.63, 3.8) is 0 Å². The van der Waals surface area contributed by atoms with Crippen LogP contribution in [0.15, 0.2) is 11.1 Å². The van der Waals surface area contributed by atoms with Gasteiger partial charge in [0.05, 0.1) is 18.1 Å². The highest BCUT2D eigenvalue weighted by Gasteiger charge is 2.66. The van der Waals surface area contributed by atoms with E-state index in [2.05, 4.69) is 27.7 Å². The lowest BCUT2D eigenvalue weighted by Crippen LogP contribution is -2.51. The summed E-state index contributed by atoms with van der Waals surface area (Å²) in [6.45, 7) is 9.06. The Hall–Kier alpha value is -0.830. The van der Waals surface area contributed by atoms with E-state index in [-0.39, 0.29) is 28.0 Å². The van der Waals surface area contributed by atoms with Crippen molar-refractivity contribution in [1.82, 2.24) is 0 Å². The van der Waals surface area contributed by atoms with Crippen molar-refractivity contribution < 1.29 is 14.3 Å². The molecule has 3 aliphatic carbocycles. The summed E-state index contributed by atoms with van der Waals surface area (Å²) >= 11 is 0. The number of esters is 1. The third kappa shape index (κ3) is 1.97. The van der Waals surface area contributed by atoms with Gasteiger partial charge in [0.15, 0.2) is 0 Å². The zero-order chi connectivity index (χ0) is 17.4. The molecule has 4 atom stereocenters. The summed E-state index contributed by atoms with van der Waals surface area (Å²) < 4.78 is 11.4. The van der Waals surface area contributed by atoms with Crippen LogP contribution in [0.3, 0.4) is 0 Å². The Labute approximate surface area is 146 Å². The maximum atomic E-state index is 12.6. The van der Waals surface area contributed by atoms with Crippen molar-refractivity contribution in [2.45, 2.75) is 90.3 Å². The number of fused-ring (bicyclic) bond motifs is 2. The van der Waals surface area contributed by atoms with Crippen LogP contribution in [-0.2, 0) is 14.3 Å². The van der Waals surface area contributed by atoms with Gasteiger partial charge in [-0.1, -0.05) is 24.5 Å². The van der Waals surface area contributed by atoms with Gasteiger partial charge < -0.3 is 9.47 Å². The van der Waals surface area contributed by atoms with Gasteiger partial charge in [0.25, 0.3) is 0 Å². The minimum Gasteiger partial charge on any atom is -0.469 e. The van der Waals surface area contributed by atoms with Crippen LogP contribution < -0.4 is 0 Å². The molecule has 1 spiro atoms. The van der Waals surface area contributed by atoms with Crippen molar-refractivity contribution in [2.24, 2.45) is 16.7 Å². The fourth-order valence-corrected chi connectivity index (χ4v) is 6.70. The second-order valence-electron chi connectivity index (χ2n) is 9.64. The average molecular weight is 332 g/mol. The molecule has 0 radical (unpaired) electrons. The van der Waals surface area contributed by atoms with Crippen LogP contribution >= 0.6 is 0 Å². The first-order valence-corrected chi connectivity index (χ1v) is 9.69. The van der Waals surface area contributed by atoms with E-state index in [1.165, 1.54) is 6.42 Å². The third-order valence-corrected chi connectivity index (χ3v) is 8.22. The van der Waals surface area contributed by atoms with Gasteiger partial charge in [-0.25, -0.2) is 0 Å². The van der Waals surface area contributed by atoms with Crippen LogP contribution in [0.5, 0.6) is 0 Å². The number of carbonyl (C=O) groups is 1. The monoisotopic (exact) mass is 332 g/mol. The predicted octanol–water partition coefficient (Wildman–Crippen LogP) is 4.79. The predicted molar refractivity (Wildman–Crippen MR) is 93.6 cm³/mol. The van der Waals surface area contributed by atoms with Gasteiger partial charge in [-0.15, -0.1) is 0 Å². The minimum atomic E-state index is -0.315. The molecule has 2 unspecified atom stereocenters. The van der Waals surface area contributed by atoms with E-state index in [0.29, 0.717) is 5.92 Å². The molecule has 3 heteroatoms. The summed E-state index contributed by atoms with van der Waals surface area (Å²) in [5.41, 5.74) is 3.34. The second kappa shape index (κ2) is 4.87. The summed E-state index contributed by atoms with van der Waals surface area (Å²) in [5.74, 6) is 0.425. The van der Waals surface area contributed by atoms with Crippen LogP contribution in [0.25, 0.3) is 0 Å². The molecule has 134 valence electrons. The van der Waals surface area contributed by atoms with Gasteiger partial charge in [-0.05, 0) is 70.6 Å². The molecule has 0 aromatic carbocycles. The number of methoxy groups -OCH3 is 1. The molecule has 0 amide bonds. The number of rotatable bonds is 1. The fourth-order valence-electron chi connectivity index (χ4n) is 6.70. The molecule has 0 N–H and O–H groups in total. The number of epoxide rings is 1. The van der Waals surface area contributed by atoms with Crippen LogP contribution in [0.1, 0.15) is 79.1 Å². The normalized spacial score (nSPS) is 46.3. The average Bonchev–Trinajstić information content (AvgIpc) is 3.05. The molecule has 3 nitrogen and oxygen atoms in total. The highest BCUT2D eigenvalue weighted by atomic mass is 16.6. The summed E-state index contributed by atoms with van der Waals surface area (Å²) in [6, 6.07) is 0. The topological polar surface area (TPSA) is 38.8 Å². The molecule has 0 bridgehead atoms. The van der Waals surface area contributed by atoms with E-state index in [1.807, 2.05) is 0 Å². The van der Waals surface area contributed by atoms with Gasteiger partial charge in [0.2, 0.25) is 0 Å². The molecule has 1 aliphatic heterocycles. The molecule has 1 saturated carbocycles. The van der Waals surface area contributed by atoms with E-state index in [0.717, 1.165) is 44.9 Å². The lowest BCUT2D eigenvalue weighted by molar-refractivity contribution is -0.163. The van der Waals surface area contributed by atoms with E-state index in [9.17, 15) is 4.79 Å². The molecular weight excluding hydrogens is 300 g/mol. The van der Waals surface area contributed by atoms with Crippen LogP contribution in [0.2, 0.25) is 0 Å². The van der Waals surface area contributed by atoms with Crippen molar-refractivity contribution in [1.29, 1.82) is 0 Å². The number of hydrogen-bond donors (Lipinski definition) is 0. The smallest absolute Gasteiger partial charge is 0.311 e. The summed E-state index contributed by atoms with van der Waals surface area (Å²) in [5, 5.41) is 0. The standard InChI is InChI=1S/C21H32O3/c1-18(2)21(24-18)12-9-15-14(13-21)7-8-16-19(15,3)10-6-11-20(16,4)17(22)23-5/h16H,6-13H2,1-5H3/t16?,19-,20-,21?/m1/s1. The number of allylic oxidation sites excluding steroid dienone is 1. The SMILES string of the molecule is COC(=O)[C@]1(C)CCC[C@]2(C)C3=C(CCC12)CC1(CC3)OC1(C)C. The lowest BCUT2D eigenvalue weighted by Gasteiger charge is -2.56. The van der Waals surface area contributed by atoms with Gasteiger partial charge >= 0.3 is 5.97 Å². The molecule has 0 aromatic heterocycles. The Balaban J connectivity index is 1.69. The maximum absolute atomic E-state index is 12.6. The zero-order valence-electron chi connectivity index (χ0n) is 16.0. The van der Waals surface area contributed by atoms with Crippen LogP contribution in [0.4, 0.5) is 0 Å². The first kappa shape index (κ1) is 16.6. The Morgan fingerprint density at radius 3 is 2.46 bits per heavy atom. The first-order chi connectivity index (χ1) is 11.2. The Morgan fingerprint density at radius 2 is 1.83 bits per heavy atom. The van der Waals surface area contributed by atoms with E-state index in [4.69, 9.17) is 9.47 Å². The molecule has 4 aliphatic rings. The summed E-state index contributed by atoms with van der Waals surface area (Å²) in [4.78, 5) is 12.6. The number of ether oxygens (including phenoxy) is 2. The maximum Gasteiger partial charge on any atom is 0.311 e. The second-order valence-corrected chi connectivity index (χ2v) is 9.64. The van der Waals surface area contributed by atoms with Crippen molar-refractivity contribution >= 4 is 5.97 Å². The minimum absolute atomic E-state index is 0.00131. The van der Waals surface area contributed by atoms with Gasteiger partial charge in [0, 0.05) is 6.42 Å². The van der Waals surface area contributed by atoms with Crippen LogP contribution in [0, 0.1) is 16.7 Å². The van der Waals surface area contributed by atoms with Gasteiger partial charge in [-0.2, -0.15) is 0 Å². The zero-order valence-corrected chi connectivity index (χ0v) is 16.0. The summed E-state index contributed by atoms with van der Waals surface area (Å²) in [6.07, 6.45) is 9.01. The fraction of sp³-hybridized carbons (Fsp3) is 0.857. The lowest BCUT2D eigenvalue weighted by atomic mass is 9.48. The van der Waals surface area contributed by atoms with Crippen LogP contribution in [-0.4, -0.2) is 24.3 Å². The van der Waals surface area contributed by atoms with E-state index < -0.39 is 0 Å². The van der Waals surface area contributed by atoms with Crippen molar-refractivity contribution in [2.75, 3.05) is 7.11 Å². The highest BCUT2D eigenvalue weighted by molar-refractivity contribution is 5.77. The Kier molecular flexibility index (Phi) is 3.37. The molecule has 1 saturated heterocycles. The Bertz CT molecular complexity index is 619. The molecule has 4 rings (SSSR count). The Morgan fingerprint density at radius 1 is 1.12 bits per heavy atom. The first-order valence-electron chi connectivity index (χ1n) is 9.69. The number of carbonyl (C=O) groups excluding carboxylic acids is 1.